The zero-order valence-electron chi connectivity index (χ0n) is 9.33. The molecule has 90 valence electrons. The summed E-state index contributed by atoms with van der Waals surface area (Å²) in [5.74, 6) is -1.14. The molecule has 0 aliphatic heterocycles. The minimum Gasteiger partial charge on any atom is -0.481 e. The van der Waals surface area contributed by atoms with Crippen molar-refractivity contribution in [3.05, 3.63) is 35.9 Å². The van der Waals surface area contributed by atoms with Crippen LogP contribution in [-0.2, 0) is 4.79 Å². The van der Waals surface area contributed by atoms with Gasteiger partial charge in [0.15, 0.2) is 0 Å². The number of carboxylic acid groups (broad SMARTS) is 1. The van der Waals surface area contributed by atoms with Crippen LogP contribution in [0.4, 0.5) is 0 Å². The van der Waals surface area contributed by atoms with Crippen molar-refractivity contribution in [3.63, 3.8) is 0 Å². The SMILES string of the molecule is O=C(S[C@H]1CCC[C@H]1C(=O)O)c1ccccc1. The van der Waals surface area contributed by atoms with Gasteiger partial charge in [-0.05, 0) is 12.8 Å². The van der Waals surface area contributed by atoms with Gasteiger partial charge in [-0.2, -0.15) is 0 Å². The molecule has 4 heteroatoms. The molecule has 0 bridgehead atoms. The second-order valence-electron chi connectivity index (χ2n) is 4.19. The molecule has 1 aliphatic rings. The van der Waals surface area contributed by atoms with Gasteiger partial charge in [0.05, 0.1) is 5.92 Å². The molecule has 0 spiro atoms. The van der Waals surface area contributed by atoms with Crippen LogP contribution in [0.15, 0.2) is 30.3 Å². The summed E-state index contributed by atoms with van der Waals surface area (Å²) in [6.07, 6.45) is 2.41. The van der Waals surface area contributed by atoms with Crippen molar-refractivity contribution < 1.29 is 14.7 Å². The molecule has 0 saturated heterocycles. The van der Waals surface area contributed by atoms with E-state index in [0.29, 0.717) is 12.0 Å². The fourth-order valence-electron chi connectivity index (χ4n) is 2.13. The minimum atomic E-state index is -0.777. The lowest BCUT2D eigenvalue weighted by Gasteiger charge is -2.13. The second kappa shape index (κ2) is 5.36. The average molecular weight is 250 g/mol. The Morgan fingerprint density at radius 2 is 1.88 bits per heavy atom. The third-order valence-electron chi connectivity index (χ3n) is 3.04. The zero-order valence-corrected chi connectivity index (χ0v) is 10.2. The van der Waals surface area contributed by atoms with Gasteiger partial charge >= 0.3 is 5.97 Å². The molecule has 2 atom stereocenters. The number of thioether (sulfide) groups is 1. The first-order chi connectivity index (χ1) is 8.18. The van der Waals surface area contributed by atoms with Crippen molar-refractivity contribution in [2.75, 3.05) is 0 Å². The van der Waals surface area contributed by atoms with Gasteiger partial charge in [-0.1, -0.05) is 48.5 Å². The fraction of sp³-hybridized carbons (Fsp3) is 0.385. The maximum Gasteiger partial charge on any atom is 0.307 e. The highest BCUT2D eigenvalue weighted by Gasteiger charge is 2.34. The van der Waals surface area contributed by atoms with Crippen LogP contribution in [0.2, 0.25) is 0 Å². The van der Waals surface area contributed by atoms with Crippen molar-refractivity contribution >= 4 is 22.8 Å². The van der Waals surface area contributed by atoms with Crippen LogP contribution in [0.25, 0.3) is 0 Å². The van der Waals surface area contributed by atoms with Crippen LogP contribution in [-0.4, -0.2) is 21.4 Å². The van der Waals surface area contributed by atoms with Gasteiger partial charge in [0.1, 0.15) is 0 Å². The van der Waals surface area contributed by atoms with Crippen LogP contribution in [0, 0.1) is 5.92 Å². The summed E-state index contributed by atoms with van der Waals surface area (Å²) in [6.45, 7) is 0. The van der Waals surface area contributed by atoms with Gasteiger partial charge in [-0.25, -0.2) is 0 Å². The highest BCUT2D eigenvalue weighted by molar-refractivity contribution is 8.14. The molecule has 1 fully saturated rings. The highest BCUT2D eigenvalue weighted by atomic mass is 32.2. The smallest absolute Gasteiger partial charge is 0.307 e. The van der Waals surface area contributed by atoms with Gasteiger partial charge < -0.3 is 5.11 Å². The molecule has 1 saturated carbocycles. The van der Waals surface area contributed by atoms with Gasteiger partial charge in [-0.15, -0.1) is 0 Å². The number of carbonyl (C=O) groups is 2. The number of carboxylic acids is 1. The van der Waals surface area contributed by atoms with Gasteiger partial charge in [0.2, 0.25) is 5.12 Å². The Hall–Kier alpha value is -1.29. The second-order valence-corrected chi connectivity index (χ2v) is 5.40. The first kappa shape index (κ1) is 12.2. The fourth-order valence-corrected chi connectivity index (χ4v) is 3.38. The normalized spacial score (nSPS) is 23.5. The summed E-state index contributed by atoms with van der Waals surface area (Å²) < 4.78 is 0. The summed E-state index contributed by atoms with van der Waals surface area (Å²) in [7, 11) is 0. The molecule has 0 aromatic heterocycles. The molecule has 1 aromatic carbocycles. The number of hydrogen-bond donors (Lipinski definition) is 1. The van der Waals surface area contributed by atoms with E-state index in [0.717, 1.165) is 12.8 Å². The van der Waals surface area contributed by atoms with Crippen LogP contribution < -0.4 is 0 Å². The van der Waals surface area contributed by atoms with Crippen molar-refractivity contribution in [2.45, 2.75) is 24.5 Å². The lowest BCUT2D eigenvalue weighted by Crippen LogP contribution is -2.21. The molecule has 2 rings (SSSR count). The van der Waals surface area contributed by atoms with E-state index >= 15 is 0 Å². The third kappa shape index (κ3) is 2.88. The predicted octanol–water partition coefficient (Wildman–Crippen LogP) is 2.81. The zero-order chi connectivity index (χ0) is 12.3. The predicted molar refractivity (Wildman–Crippen MR) is 67.1 cm³/mol. The molecule has 0 radical (unpaired) electrons. The minimum absolute atomic E-state index is 0.0243. The molecular formula is C13H14O3S. The van der Waals surface area contributed by atoms with E-state index in [1.54, 1.807) is 12.1 Å². The van der Waals surface area contributed by atoms with Crippen LogP contribution in [0.3, 0.4) is 0 Å². The standard InChI is InChI=1S/C13H14O3S/c14-12(15)10-7-4-8-11(10)17-13(16)9-5-2-1-3-6-9/h1-3,5-6,10-11H,4,7-8H2,(H,14,15)/t10-,11+/m1/s1. The van der Waals surface area contributed by atoms with Gasteiger partial charge in [-0.3, -0.25) is 9.59 Å². The maximum atomic E-state index is 11.9. The lowest BCUT2D eigenvalue weighted by molar-refractivity contribution is -0.141. The van der Waals surface area contributed by atoms with E-state index in [-0.39, 0.29) is 16.3 Å². The quantitative estimate of drug-likeness (QED) is 0.896. The molecule has 3 nitrogen and oxygen atoms in total. The molecule has 0 heterocycles. The van der Waals surface area contributed by atoms with Gasteiger partial charge in [0.25, 0.3) is 0 Å². The highest BCUT2D eigenvalue weighted by Crippen LogP contribution is 2.36. The molecule has 0 amide bonds. The molecule has 1 aliphatic carbocycles. The number of rotatable bonds is 3. The van der Waals surface area contributed by atoms with Crippen LogP contribution >= 0.6 is 11.8 Å². The van der Waals surface area contributed by atoms with Crippen molar-refractivity contribution in [3.8, 4) is 0 Å². The topological polar surface area (TPSA) is 54.4 Å². The average Bonchev–Trinajstić information content (AvgIpc) is 2.78. The first-order valence-corrected chi connectivity index (χ1v) is 6.55. The Bertz CT molecular complexity index is 416. The van der Waals surface area contributed by atoms with E-state index in [2.05, 4.69) is 0 Å². The Labute approximate surface area is 104 Å². The van der Waals surface area contributed by atoms with E-state index in [4.69, 9.17) is 5.11 Å². The maximum absolute atomic E-state index is 11.9. The summed E-state index contributed by atoms with van der Waals surface area (Å²) in [5, 5.41) is 8.95. The van der Waals surface area contributed by atoms with E-state index in [1.807, 2.05) is 18.2 Å². The summed E-state index contributed by atoms with van der Waals surface area (Å²) in [5.41, 5.74) is 0.647. The number of carbonyl (C=O) groups excluding carboxylic acids is 1. The van der Waals surface area contributed by atoms with Crippen LogP contribution in [0.1, 0.15) is 29.6 Å². The number of aliphatic carboxylic acids is 1. The van der Waals surface area contributed by atoms with E-state index in [1.165, 1.54) is 11.8 Å². The number of benzene rings is 1. The third-order valence-corrected chi connectivity index (χ3v) is 4.35. The van der Waals surface area contributed by atoms with Crippen molar-refractivity contribution in [1.82, 2.24) is 0 Å². The first-order valence-electron chi connectivity index (χ1n) is 5.67. The summed E-state index contributed by atoms with van der Waals surface area (Å²) in [6, 6.07) is 9.02. The molecule has 17 heavy (non-hydrogen) atoms. The van der Waals surface area contributed by atoms with Gasteiger partial charge in [0, 0.05) is 10.8 Å². The molecule has 0 unspecified atom stereocenters. The molecular weight excluding hydrogens is 236 g/mol. The monoisotopic (exact) mass is 250 g/mol. The Balaban J connectivity index is 2.02. The number of hydrogen-bond acceptors (Lipinski definition) is 3. The largest absolute Gasteiger partial charge is 0.481 e. The molecule has 1 aromatic rings. The lowest BCUT2D eigenvalue weighted by atomic mass is 10.1. The van der Waals surface area contributed by atoms with Crippen molar-refractivity contribution in [2.24, 2.45) is 5.92 Å². The van der Waals surface area contributed by atoms with Crippen molar-refractivity contribution in [1.29, 1.82) is 0 Å². The molecule has 1 N–H and O–H groups in total. The van der Waals surface area contributed by atoms with Crippen LogP contribution in [0.5, 0.6) is 0 Å². The van der Waals surface area contributed by atoms with E-state index in [9.17, 15) is 9.59 Å². The van der Waals surface area contributed by atoms with E-state index < -0.39 is 5.97 Å². The summed E-state index contributed by atoms with van der Waals surface area (Å²) >= 11 is 1.18. The Morgan fingerprint density at radius 1 is 1.18 bits per heavy atom. The summed E-state index contributed by atoms with van der Waals surface area (Å²) in [4.78, 5) is 22.9. The Kier molecular flexibility index (Phi) is 3.84. The Morgan fingerprint density at radius 3 is 2.53 bits per heavy atom.